The van der Waals surface area contributed by atoms with Crippen LogP contribution in [0.15, 0.2) is 22.9 Å². The Bertz CT molecular complexity index is 1520. The van der Waals surface area contributed by atoms with Gasteiger partial charge in [-0.15, -0.1) is 11.3 Å². The van der Waals surface area contributed by atoms with Gasteiger partial charge in [-0.2, -0.15) is 0 Å². The van der Waals surface area contributed by atoms with Crippen LogP contribution in [0.2, 0.25) is 54.4 Å². The standard InChI is InChI=1S/C43H80FNO7SSi3/c1-29(24-34-28-53-32(4)45-34)35(50-54(16,17)40(5,6)7)23-22-33(44)27-49-26-30(2)38(52-56(20,21)42(11,12)13)31(3)39(48)43(14,15)36(25-37(46)47)51-55(18,19)41(8,9)10/h22,24,28,30-31,35-36,38H,23,25-27H2,1-21H3,(H,46,47)/b29-24+,33-22-/t30-,31+,35?,36-,38-/m0/s1. The first-order valence-corrected chi connectivity index (χ1v) is 29.9. The SMILES string of the molecule is C/C(=C\c1csc(C)n1)C(C/C=C(\F)COC[C@H](C)[C@H](O[Si](C)(C)C(C)(C)C)[C@@H](C)C(=O)C(C)(C)[C@H](CC(=O)O)O[Si](C)(C)C(C)(C)C)O[Si](C)(C)C(C)(C)C. The molecule has 8 nitrogen and oxygen atoms in total. The van der Waals surface area contributed by atoms with E-state index in [1.165, 1.54) is 0 Å². The van der Waals surface area contributed by atoms with Crippen molar-refractivity contribution in [2.75, 3.05) is 13.2 Å². The van der Waals surface area contributed by atoms with Gasteiger partial charge in [-0.1, -0.05) is 90.0 Å². The summed E-state index contributed by atoms with van der Waals surface area (Å²) in [4.78, 5) is 31.3. The van der Waals surface area contributed by atoms with Crippen LogP contribution in [0.3, 0.4) is 0 Å². The first-order valence-electron chi connectivity index (χ1n) is 20.3. The number of carboxylic acid groups (broad SMARTS) is 1. The van der Waals surface area contributed by atoms with E-state index in [0.717, 1.165) is 16.3 Å². The third-order valence-corrected chi connectivity index (χ3v) is 26.9. The van der Waals surface area contributed by atoms with Crippen molar-refractivity contribution >= 4 is 54.1 Å². The molecule has 0 saturated carbocycles. The van der Waals surface area contributed by atoms with E-state index in [0.29, 0.717) is 6.42 Å². The Labute approximate surface area is 348 Å². The Kier molecular flexibility index (Phi) is 18.6. The van der Waals surface area contributed by atoms with Gasteiger partial charge in [-0.25, -0.2) is 9.37 Å². The number of carbonyl (C=O) groups excluding carboxylic acids is 1. The second kappa shape index (κ2) is 19.8. The van der Waals surface area contributed by atoms with Gasteiger partial charge in [-0.3, -0.25) is 9.59 Å². The molecule has 0 fully saturated rings. The zero-order valence-electron chi connectivity index (χ0n) is 39.1. The predicted molar refractivity (Wildman–Crippen MR) is 241 cm³/mol. The minimum atomic E-state index is -2.44. The lowest BCUT2D eigenvalue weighted by Gasteiger charge is -2.46. The molecule has 56 heavy (non-hydrogen) atoms. The van der Waals surface area contributed by atoms with Crippen molar-refractivity contribution in [3.8, 4) is 0 Å². The van der Waals surface area contributed by atoms with Gasteiger partial charge in [0.2, 0.25) is 0 Å². The zero-order valence-corrected chi connectivity index (χ0v) is 42.9. The Balaban J connectivity index is 3.37. The van der Waals surface area contributed by atoms with E-state index < -0.39 is 54.5 Å². The first-order chi connectivity index (χ1) is 25.0. The number of nitrogens with zero attached hydrogens (tertiary/aromatic N) is 1. The normalized spacial score (nSPS) is 17.4. The molecule has 1 aromatic rings. The lowest BCUT2D eigenvalue weighted by molar-refractivity contribution is -0.146. The quantitative estimate of drug-likeness (QED) is 0.122. The fraction of sp³-hybridized carbons (Fsp3) is 0.791. The van der Waals surface area contributed by atoms with Crippen LogP contribution in [-0.4, -0.2) is 78.3 Å². The molecule has 1 heterocycles. The lowest BCUT2D eigenvalue weighted by Crippen LogP contribution is -2.54. The smallest absolute Gasteiger partial charge is 0.305 e. The van der Waals surface area contributed by atoms with Gasteiger partial charge >= 0.3 is 5.97 Å². The van der Waals surface area contributed by atoms with Crippen LogP contribution in [-0.2, 0) is 27.6 Å². The highest BCUT2D eigenvalue weighted by Crippen LogP contribution is 2.44. The summed E-state index contributed by atoms with van der Waals surface area (Å²) < 4.78 is 42.1. The highest BCUT2D eigenvalue weighted by atomic mass is 32.1. The molecule has 5 atom stereocenters. The van der Waals surface area contributed by atoms with Gasteiger partial charge in [0.05, 0.1) is 48.6 Å². The summed E-state index contributed by atoms with van der Waals surface area (Å²) in [6.07, 6.45) is 2.00. The highest BCUT2D eigenvalue weighted by Gasteiger charge is 2.50. The van der Waals surface area contributed by atoms with E-state index in [2.05, 4.69) is 107 Å². The third kappa shape index (κ3) is 15.0. The third-order valence-electron chi connectivity index (χ3n) is 12.7. The number of hydrogen-bond donors (Lipinski definition) is 1. The van der Waals surface area contributed by atoms with Crippen LogP contribution in [0.5, 0.6) is 0 Å². The van der Waals surface area contributed by atoms with Gasteiger partial charge in [0.15, 0.2) is 25.0 Å². The Morgan fingerprint density at radius 3 is 1.79 bits per heavy atom. The molecule has 0 saturated heterocycles. The molecular weight excluding hydrogens is 778 g/mol. The number of carbonyl (C=O) groups is 2. The van der Waals surface area contributed by atoms with Crippen molar-refractivity contribution in [2.24, 2.45) is 17.3 Å². The molecule has 13 heteroatoms. The number of ether oxygens (including phenoxy) is 1. The first kappa shape index (κ1) is 52.7. The molecule has 324 valence electrons. The minimum absolute atomic E-state index is 0.0179. The average Bonchev–Trinajstić information content (AvgIpc) is 3.42. The predicted octanol–water partition coefficient (Wildman–Crippen LogP) is 12.6. The number of ketones is 1. The molecule has 1 rings (SSSR count). The summed E-state index contributed by atoms with van der Waals surface area (Å²) >= 11 is 1.59. The van der Waals surface area contributed by atoms with Crippen molar-refractivity contribution in [2.45, 2.75) is 189 Å². The number of aryl methyl sites for hydroxylation is 1. The number of halogens is 1. The number of Topliss-reactive ketones (excluding diaryl/α,β-unsaturated/α-hetero) is 1. The summed E-state index contributed by atoms with van der Waals surface area (Å²) in [5.41, 5.74) is 0.749. The molecule has 0 aliphatic rings. The fourth-order valence-electron chi connectivity index (χ4n) is 5.62. The maximum atomic E-state index is 15.6. The van der Waals surface area contributed by atoms with Crippen LogP contribution < -0.4 is 0 Å². The van der Waals surface area contributed by atoms with Crippen LogP contribution >= 0.6 is 11.3 Å². The van der Waals surface area contributed by atoms with Crippen molar-refractivity contribution in [1.82, 2.24) is 4.98 Å². The second-order valence-corrected chi connectivity index (χ2v) is 36.4. The number of carboxylic acids is 1. The topological polar surface area (TPSA) is 104 Å². The van der Waals surface area contributed by atoms with E-state index in [-0.39, 0.29) is 58.4 Å². The second-order valence-electron chi connectivity index (χ2n) is 21.1. The summed E-state index contributed by atoms with van der Waals surface area (Å²) in [6.45, 7) is 43.6. The number of thiazole rings is 1. The van der Waals surface area contributed by atoms with Crippen molar-refractivity contribution < 1.29 is 37.1 Å². The van der Waals surface area contributed by atoms with Gasteiger partial charge in [0, 0.05) is 22.6 Å². The van der Waals surface area contributed by atoms with Crippen LogP contribution in [0.25, 0.3) is 6.08 Å². The maximum Gasteiger partial charge on any atom is 0.305 e. The summed E-state index contributed by atoms with van der Waals surface area (Å²) in [6, 6.07) is 0. The van der Waals surface area contributed by atoms with Crippen molar-refractivity contribution in [1.29, 1.82) is 0 Å². The Hall–Kier alpha value is -1.33. The van der Waals surface area contributed by atoms with E-state index in [4.69, 9.17) is 18.0 Å². The van der Waals surface area contributed by atoms with Crippen molar-refractivity contribution in [3.63, 3.8) is 0 Å². The number of rotatable bonds is 21. The minimum Gasteiger partial charge on any atom is -0.481 e. The van der Waals surface area contributed by atoms with Gasteiger partial charge in [0.25, 0.3) is 0 Å². The molecule has 0 radical (unpaired) electrons. The summed E-state index contributed by atoms with van der Waals surface area (Å²) in [7, 11) is -7.03. The van der Waals surface area contributed by atoms with E-state index >= 15 is 4.39 Å². The molecule has 0 bridgehead atoms. The number of aliphatic carboxylic acids is 1. The molecule has 0 aliphatic heterocycles. The van der Waals surface area contributed by atoms with Gasteiger partial charge in [0.1, 0.15) is 11.6 Å². The summed E-state index contributed by atoms with van der Waals surface area (Å²) in [5.74, 6) is -2.39. The molecule has 1 aromatic heterocycles. The molecule has 0 aliphatic carbocycles. The Morgan fingerprint density at radius 1 is 0.857 bits per heavy atom. The average molecular weight is 858 g/mol. The van der Waals surface area contributed by atoms with E-state index in [1.807, 2.05) is 39.2 Å². The fourth-order valence-corrected chi connectivity index (χ4v) is 10.5. The monoisotopic (exact) mass is 857 g/mol. The molecule has 0 aromatic carbocycles. The molecular formula is C43H80FNO7SSi3. The van der Waals surface area contributed by atoms with Crippen LogP contribution in [0, 0.1) is 24.2 Å². The van der Waals surface area contributed by atoms with Crippen LogP contribution in [0.4, 0.5) is 4.39 Å². The highest BCUT2D eigenvalue weighted by molar-refractivity contribution is 7.09. The number of aromatic nitrogens is 1. The summed E-state index contributed by atoms with van der Waals surface area (Å²) in [5, 5.41) is 12.6. The largest absolute Gasteiger partial charge is 0.481 e. The van der Waals surface area contributed by atoms with Crippen molar-refractivity contribution in [3.05, 3.63) is 33.6 Å². The maximum absolute atomic E-state index is 15.6. The van der Waals surface area contributed by atoms with Gasteiger partial charge < -0.3 is 23.1 Å². The van der Waals surface area contributed by atoms with Gasteiger partial charge in [-0.05, 0) is 92.4 Å². The molecule has 0 amide bonds. The zero-order chi connectivity index (χ0) is 44.0. The Morgan fingerprint density at radius 2 is 1.34 bits per heavy atom. The van der Waals surface area contributed by atoms with E-state index in [9.17, 15) is 14.7 Å². The lowest BCUT2D eigenvalue weighted by atomic mass is 9.73. The molecule has 1 N–H and O–H groups in total. The molecule has 1 unspecified atom stereocenters. The number of hydrogen-bond acceptors (Lipinski definition) is 8. The molecule has 0 spiro atoms. The van der Waals surface area contributed by atoms with E-state index in [1.54, 1.807) is 31.3 Å². The van der Waals surface area contributed by atoms with Crippen LogP contribution in [0.1, 0.15) is 120 Å².